The predicted molar refractivity (Wildman–Crippen MR) is 90.9 cm³/mol. The summed E-state index contributed by atoms with van der Waals surface area (Å²) in [5, 5.41) is 6.54. The minimum absolute atomic E-state index is 0.197. The first-order chi connectivity index (χ1) is 10.3. The molecule has 1 unspecified atom stereocenters. The molecule has 0 aliphatic carbocycles. The number of benzene rings is 2. The van der Waals surface area contributed by atoms with E-state index in [0.29, 0.717) is 0 Å². The minimum atomic E-state index is 0.197. The van der Waals surface area contributed by atoms with Crippen LogP contribution < -0.4 is 5.32 Å². The molecule has 3 rings (SSSR count). The maximum atomic E-state index is 6.24. The molecule has 0 aliphatic rings. The van der Waals surface area contributed by atoms with Crippen LogP contribution in [0.25, 0.3) is 0 Å². The van der Waals surface area contributed by atoms with Crippen LogP contribution in [0.3, 0.4) is 0 Å². The Labute approximate surface area is 134 Å². The van der Waals surface area contributed by atoms with E-state index in [-0.39, 0.29) is 6.04 Å². The largest absolute Gasteiger partial charge is 0.301 e. The van der Waals surface area contributed by atoms with Crippen molar-refractivity contribution in [2.24, 2.45) is 0 Å². The van der Waals surface area contributed by atoms with Crippen molar-refractivity contribution in [1.82, 2.24) is 5.32 Å². The van der Waals surface area contributed by atoms with Crippen LogP contribution in [0.5, 0.6) is 0 Å². The first-order valence-corrected chi connectivity index (χ1v) is 8.15. The van der Waals surface area contributed by atoms with E-state index in [0.717, 1.165) is 17.1 Å². The van der Waals surface area contributed by atoms with Gasteiger partial charge in [0.15, 0.2) is 0 Å². The van der Waals surface area contributed by atoms with Crippen molar-refractivity contribution in [3.8, 4) is 0 Å². The number of thiophene rings is 1. The average Bonchev–Trinajstić information content (AvgIpc) is 3.04. The zero-order valence-corrected chi connectivity index (χ0v) is 13.1. The second-order valence-corrected chi connectivity index (χ2v) is 6.22. The highest BCUT2D eigenvalue weighted by Gasteiger charge is 2.14. The molecule has 0 radical (unpaired) electrons. The average molecular weight is 314 g/mol. The van der Waals surface area contributed by atoms with Crippen LogP contribution in [-0.2, 0) is 6.54 Å². The molecular formula is C18H16ClNS. The second-order valence-electron chi connectivity index (χ2n) is 4.83. The molecule has 1 atom stereocenters. The number of hydrogen-bond donors (Lipinski definition) is 1. The Kier molecular flexibility index (Phi) is 4.71. The van der Waals surface area contributed by atoms with Gasteiger partial charge in [0.2, 0.25) is 0 Å². The lowest BCUT2D eigenvalue weighted by molar-refractivity contribution is 0.613. The van der Waals surface area contributed by atoms with Gasteiger partial charge in [0.05, 0.1) is 6.04 Å². The number of rotatable bonds is 5. The summed E-state index contributed by atoms with van der Waals surface area (Å²) in [6, 6.07) is 22.9. The normalized spacial score (nSPS) is 12.2. The molecule has 3 aromatic rings. The number of halogens is 1. The summed E-state index contributed by atoms with van der Waals surface area (Å²) in [6.07, 6.45) is 0. The molecule has 0 amide bonds. The van der Waals surface area contributed by atoms with Gasteiger partial charge >= 0.3 is 0 Å². The minimum Gasteiger partial charge on any atom is -0.301 e. The topological polar surface area (TPSA) is 12.0 Å². The molecule has 0 bridgehead atoms. The third-order valence-corrected chi connectivity index (χ3v) is 4.72. The van der Waals surface area contributed by atoms with Crippen molar-refractivity contribution in [3.63, 3.8) is 0 Å². The number of hydrogen-bond acceptors (Lipinski definition) is 2. The highest BCUT2D eigenvalue weighted by atomic mass is 35.5. The van der Waals surface area contributed by atoms with E-state index in [1.807, 2.05) is 24.3 Å². The van der Waals surface area contributed by atoms with Gasteiger partial charge in [0.25, 0.3) is 0 Å². The first-order valence-electron chi connectivity index (χ1n) is 6.90. The van der Waals surface area contributed by atoms with Gasteiger partial charge in [-0.15, -0.1) is 11.3 Å². The fourth-order valence-electron chi connectivity index (χ4n) is 2.34. The molecule has 21 heavy (non-hydrogen) atoms. The lowest BCUT2D eigenvalue weighted by Gasteiger charge is -2.18. The summed E-state index contributed by atoms with van der Waals surface area (Å²) in [4.78, 5) is 1.31. The smallest absolute Gasteiger partial charge is 0.0673 e. The van der Waals surface area contributed by atoms with Crippen LogP contribution in [0.1, 0.15) is 22.0 Å². The summed E-state index contributed by atoms with van der Waals surface area (Å²) in [5.41, 5.74) is 2.39. The van der Waals surface area contributed by atoms with Crippen molar-refractivity contribution in [1.29, 1.82) is 0 Å². The van der Waals surface area contributed by atoms with Crippen molar-refractivity contribution in [3.05, 3.63) is 93.1 Å². The van der Waals surface area contributed by atoms with Crippen LogP contribution in [0, 0.1) is 0 Å². The highest BCUT2D eigenvalue weighted by Crippen LogP contribution is 2.27. The van der Waals surface area contributed by atoms with Gasteiger partial charge < -0.3 is 5.32 Å². The summed E-state index contributed by atoms with van der Waals surface area (Å²) < 4.78 is 0. The Morgan fingerprint density at radius 1 is 0.905 bits per heavy atom. The molecule has 1 heterocycles. The van der Waals surface area contributed by atoms with Crippen molar-refractivity contribution < 1.29 is 0 Å². The molecule has 1 nitrogen and oxygen atoms in total. The van der Waals surface area contributed by atoms with E-state index < -0.39 is 0 Å². The molecule has 2 aromatic carbocycles. The molecule has 0 saturated heterocycles. The van der Waals surface area contributed by atoms with E-state index in [4.69, 9.17) is 11.6 Å². The Balaban J connectivity index is 1.82. The van der Waals surface area contributed by atoms with Crippen LogP contribution >= 0.6 is 22.9 Å². The van der Waals surface area contributed by atoms with Crippen molar-refractivity contribution in [2.45, 2.75) is 12.6 Å². The maximum Gasteiger partial charge on any atom is 0.0673 e. The van der Waals surface area contributed by atoms with E-state index in [1.54, 1.807) is 11.3 Å². The third-order valence-electron chi connectivity index (χ3n) is 3.42. The Hall–Kier alpha value is -1.61. The Morgan fingerprint density at radius 3 is 2.38 bits per heavy atom. The van der Waals surface area contributed by atoms with Gasteiger partial charge in [-0.3, -0.25) is 0 Å². The molecule has 0 saturated carbocycles. The predicted octanol–water partition coefficient (Wildman–Crippen LogP) is 5.28. The van der Waals surface area contributed by atoms with E-state index in [1.165, 1.54) is 10.4 Å². The SMILES string of the molecule is Clc1ccccc1CNC(c1ccccc1)c1cccs1. The molecule has 106 valence electrons. The third kappa shape index (κ3) is 3.53. The van der Waals surface area contributed by atoms with Crippen LogP contribution in [0.2, 0.25) is 5.02 Å². The van der Waals surface area contributed by atoms with Crippen LogP contribution in [0.15, 0.2) is 72.1 Å². The molecule has 1 N–H and O–H groups in total. The van der Waals surface area contributed by atoms with Crippen molar-refractivity contribution in [2.75, 3.05) is 0 Å². The van der Waals surface area contributed by atoms with Crippen LogP contribution in [0.4, 0.5) is 0 Å². The van der Waals surface area contributed by atoms with E-state index in [2.05, 4.69) is 53.2 Å². The van der Waals surface area contributed by atoms with Gasteiger partial charge in [-0.05, 0) is 28.6 Å². The molecular weight excluding hydrogens is 298 g/mol. The number of nitrogens with one attached hydrogen (secondary N) is 1. The second kappa shape index (κ2) is 6.90. The zero-order chi connectivity index (χ0) is 14.5. The molecule has 1 aromatic heterocycles. The summed E-state index contributed by atoms with van der Waals surface area (Å²) in [7, 11) is 0. The zero-order valence-electron chi connectivity index (χ0n) is 11.5. The molecule has 3 heteroatoms. The van der Waals surface area contributed by atoms with Crippen molar-refractivity contribution >= 4 is 22.9 Å². The van der Waals surface area contributed by atoms with Gasteiger partial charge in [0, 0.05) is 16.4 Å². The summed E-state index contributed by atoms with van der Waals surface area (Å²) in [6.45, 7) is 0.747. The van der Waals surface area contributed by atoms with Gasteiger partial charge in [-0.1, -0.05) is 66.2 Å². The summed E-state index contributed by atoms with van der Waals surface area (Å²) >= 11 is 8.01. The summed E-state index contributed by atoms with van der Waals surface area (Å²) in [5.74, 6) is 0. The molecule has 0 aliphatic heterocycles. The van der Waals surface area contributed by atoms with Gasteiger partial charge in [0.1, 0.15) is 0 Å². The molecule has 0 fully saturated rings. The lowest BCUT2D eigenvalue weighted by Crippen LogP contribution is -2.21. The van der Waals surface area contributed by atoms with E-state index in [9.17, 15) is 0 Å². The van der Waals surface area contributed by atoms with Gasteiger partial charge in [-0.2, -0.15) is 0 Å². The fourth-order valence-corrected chi connectivity index (χ4v) is 3.37. The van der Waals surface area contributed by atoms with E-state index >= 15 is 0 Å². The Bertz CT molecular complexity index is 679. The monoisotopic (exact) mass is 313 g/mol. The van der Waals surface area contributed by atoms with Crippen LogP contribution in [-0.4, -0.2) is 0 Å². The fraction of sp³-hybridized carbons (Fsp3) is 0.111. The quantitative estimate of drug-likeness (QED) is 0.675. The lowest BCUT2D eigenvalue weighted by atomic mass is 10.0. The Morgan fingerprint density at radius 2 is 1.67 bits per heavy atom. The highest BCUT2D eigenvalue weighted by molar-refractivity contribution is 7.10. The maximum absolute atomic E-state index is 6.24. The molecule has 0 spiro atoms. The van der Waals surface area contributed by atoms with Gasteiger partial charge in [-0.25, -0.2) is 0 Å². The standard InChI is InChI=1S/C18H16ClNS/c19-16-10-5-4-9-15(16)13-20-18(17-11-6-12-21-17)14-7-2-1-3-8-14/h1-12,18,20H,13H2. The first kappa shape index (κ1) is 14.3.